The quantitative estimate of drug-likeness (QED) is 0.0470. The summed E-state index contributed by atoms with van der Waals surface area (Å²) in [6.07, 6.45) is 39.2. The second kappa shape index (κ2) is 37.8. The van der Waals surface area contributed by atoms with Gasteiger partial charge in [0.05, 0.1) is 0 Å². The molecule has 60 heavy (non-hydrogen) atoms. The molecule has 0 heterocycles. The van der Waals surface area contributed by atoms with Crippen LogP contribution in [0.3, 0.4) is 0 Å². The average molecular weight is 956 g/mol. The fourth-order valence-electron chi connectivity index (χ4n) is 7.47. The van der Waals surface area contributed by atoms with E-state index in [9.17, 15) is 0 Å². The predicted octanol–water partition coefficient (Wildman–Crippen LogP) is 10.8. The Bertz CT molecular complexity index is 1540. The van der Waals surface area contributed by atoms with E-state index in [0.29, 0.717) is 0 Å². The van der Waals surface area contributed by atoms with Crippen LogP contribution in [0.2, 0.25) is 0 Å². The van der Waals surface area contributed by atoms with Crippen LogP contribution < -0.4 is 35.4 Å². The fourth-order valence-corrected chi connectivity index (χ4v) is 13.0. The van der Waals surface area contributed by atoms with E-state index in [1.807, 2.05) is 0 Å². The summed E-state index contributed by atoms with van der Waals surface area (Å²) in [4.78, 5) is 0. The molecular formula is C54H78Cl2P2Ti2-2. The van der Waals surface area contributed by atoms with Gasteiger partial charge in [-0.25, -0.2) is 23.3 Å². The molecule has 0 amide bonds. The first-order chi connectivity index (χ1) is 27.4. The first-order valence-corrected chi connectivity index (χ1v) is 26.2. The Hall–Kier alpha value is -0.511. The Kier molecular flexibility index (Phi) is 38.8. The summed E-state index contributed by atoms with van der Waals surface area (Å²) < 4.78 is 0. The third-order valence-electron chi connectivity index (χ3n) is 11.0. The molecule has 2 atom stereocenters. The van der Waals surface area contributed by atoms with Crippen molar-refractivity contribution >= 4 is 48.0 Å². The van der Waals surface area contributed by atoms with Crippen molar-refractivity contribution in [1.29, 1.82) is 0 Å². The Balaban J connectivity index is 0. The summed E-state index contributed by atoms with van der Waals surface area (Å²) in [5.74, 6) is 1.45. The molecule has 0 fully saturated rings. The average Bonchev–Trinajstić information content (AvgIpc) is 4.06. The van der Waals surface area contributed by atoms with Crippen molar-refractivity contribution in [1.82, 2.24) is 0 Å². The van der Waals surface area contributed by atoms with Gasteiger partial charge in [-0.2, -0.15) is 24.3 Å². The van der Waals surface area contributed by atoms with Crippen LogP contribution in [0.15, 0.2) is 108 Å². The number of rotatable bonds is 20. The Morgan fingerprint density at radius 3 is 1.12 bits per heavy atom. The fraction of sp³-hybridized carbons (Fsp3) is 0.519. The van der Waals surface area contributed by atoms with Crippen molar-refractivity contribution in [2.24, 2.45) is 11.8 Å². The zero-order valence-electron chi connectivity index (χ0n) is 38.8. The molecule has 2 unspecified atom stereocenters. The molecule has 2 aliphatic carbocycles. The third kappa shape index (κ3) is 22.9. The molecule has 4 aromatic rings. The molecular weight excluding hydrogens is 877 g/mol. The zero-order valence-corrected chi connectivity index (χ0v) is 45.2. The van der Waals surface area contributed by atoms with E-state index >= 15 is 0 Å². The topological polar surface area (TPSA) is 0 Å². The SMILES string of the molecule is CCCC(C)C1=[C-]CC=C1.CCCC(C)C1=[C-]CC=C1.CCCCP(CCCC)c1cc2ccccc2[cH-]1.CCCCP(CCCC)c1cc2ccccc2[cH-]1.[Cl-].[Cl-].[Ti+2].[Ti+2]. The molecule has 0 radical (unpaired) electrons. The van der Waals surface area contributed by atoms with Gasteiger partial charge in [0, 0.05) is 0 Å². The van der Waals surface area contributed by atoms with Crippen molar-refractivity contribution in [3.63, 3.8) is 0 Å². The second-order valence-corrected chi connectivity index (χ2v) is 20.9. The zero-order chi connectivity index (χ0) is 40.4. The second-order valence-electron chi connectivity index (χ2n) is 15.9. The molecule has 2 aliphatic rings. The van der Waals surface area contributed by atoms with Crippen molar-refractivity contribution in [3.05, 3.63) is 120 Å². The summed E-state index contributed by atoms with van der Waals surface area (Å²) in [7, 11) is 0.171. The molecule has 6 heteroatoms. The smallest absolute Gasteiger partial charge is 1.00 e. The third-order valence-corrected chi connectivity index (χ3v) is 16.4. The summed E-state index contributed by atoms with van der Waals surface area (Å²) in [6, 6.07) is 27.3. The molecule has 0 saturated heterocycles. The molecule has 0 aliphatic heterocycles. The van der Waals surface area contributed by atoms with E-state index in [1.54, 1.807) is 10.6 Å². The van der Waals surface area contributed by atoms with E-state index in [0.717, 1.165) is 24.7 Å². The summed E-state index contributed by atoms with van der Waals surface area (Å²) in [5, 5.41) is 8.96. The minimum atomic E-state index is 0. The van der Waals surface area contributed by atoms with Crippen molar-refractivity contribution < 1.29 is 68.2 Å². The first kappa shape index (κ1) is 61.6. The van der Waals surface area contributed by atoms with Gasteiger partial charge >= 0.3 is 43.4 Å². The van der Waals surface area contributed by atoms with Crippen LogP contribution in [0.25, 0.3) is 21.5 Å². The number of hydrogen-bond donors (Lipinski definition) is 0. The van der Waals surface area contributed by atoms with Gasteiger partial charge in [-0.15, -0.1) is 93.5 Å². The van der Waals surface area contributed by atoms with Crippen LogP contribution in [0.1, 0.15) is 145 Å². The molecule has 0 saturated carbocycles. The van der Waals surface area contributed by atoms with E-state index in [4.69, 9.17) is 0 Å². The number of hydrogen-bond acceptors (Lipinski definition) is 0. The summed E-state index contributed by atoms with van der Waals surface area (Å²) >= 11 is 0. The van der Waals surface area contributed by atoms with Crippen LogP contribution in [0.4, 0.5) is 0 Å². The van der Waals surface area contributed by atoms with Crippen molar-refractivity contribution in [3.8, 4) is 0 Å². The normalized spacial score (nSPS) is 13.3. The van der Waals surface area contributed by atoms with Gasteiger partial charge in [-0.05, 0) is 63.2 Å². The molecule has 4 aromatic carbocycles. The first-order valence-electron chi connectivity index (χ1n) is 22.7. The van der Waals surface area contributed by atoms with Gasteiger partial charge in [0.25, 0.3) is 0 Å². The van der Waals surface area contributed by atoms with Crippen molar-refractivity contribution in [2.75, 3.05) is 24.6 Å². The minimum Gasteiger partial charge on any atom is -1.00 e. The van der Waals surface area contributed by atoms with Crippen molar-refractivity contribution in [2.45, 2.75) is 145 Å². The molecule has 0 spiro atoms. The van der Waals surface area contributed by atoms with Gasteiger partial charge in [0.15, 0.2) is 0 Å². The van der Waals surface area contributed by atoms with E-state index < -0.39 is 0 Å². The Labute approximate surface area is 415 Å². The molecule has 6 rings (SSSR count). The minimum absolute atomic E-state index is 0. The number of benzene rings is 2. The van der Waals surface area contributed by atoms with Crippen LogP contribution in [0.5, 0.6) is 0 Å². The monoisotopic (exact) mass is 954 g/mol. The van der Waals surface area contributed by atoms with Gasteiger partial charge < -0.3 is 24.8 Å². The standard InChI is InChI=1S/2C17H24P.2C10H15.2ClH.2Ti/c2*1-3-5-11-18(12-6-4-2)17-13-15-9-7-8-10-16(15)14-17;2*1-3-6-9(2)10-7-4-5-8-10;;;;/h2*7-10,13-14H,3-6,11-12H2,1-2H3;2*4,7,9H,3,5-6H2,1-2H3;2*1H;;/q4*-1;;;2*+2/p-2. The van der Waals surface area contributed by atoms with Gasteiger partial charge in [-0.1, -0.05) is 134 Å². The predicted molar refractivity (Wildman–Crippen MR) is 260 cm³/mol. The molecule has 0 bridgehead atoms. The molecule has 0 N–H and O–H groups in total. The number of allylic oxidation sites excluding steroid dienone is 8. The van der Waals surface area contributed by atoms with Gasteiger partial charge in [0.2, 0.25) is 0 Å². The Morgan fingerprint density at radius 1 is 0.517 bits per heavy atom. The van der Waals surface area contributed by atoms with Crippen LogP contribution >= 0.6 is 15.8 Å². The van der Waals surface area contributed by atoms with E-state index in [1.165, 1.54) is 134 Å². The molecule has 0 aromatic heterocycles. The van der Waals surface area contributed by atoms with E-state index in [-0.39, 0.29) is 84.1 Å². The van der Waals surface area contributed by atoms with Gasteiger partial charge in [-0.3, -0.25) is 12.2 Å². The van der Waals surface area contributed by atoms with Crippen LogP contribution in [-0.2, 0) is 43.4 Å². The number of unbranched alkanes of at least 4 members (excludes halogenated alkanes) is 4. The number of halogens is 2. The Morgan fingerprint density at radius 2 is 0.850 bits per heavy atom. The maximum atomic E-state index is 3.35. The van der Waals surface area contributed by atoms with Crippen LogP contribution in [-0.4, -0.2) is 24.6 Å². The summed E-state index contributed by atoms with van der Waals surface area (Å²) in [6.45, 7) is 18.2. The largest absolute Gasteiger partial charge is 2.00 e. The maximum absolute atomic E-state index is 3.35. The summed E-state index contributed by atoms with van der Waals surface area (Å²) in [5.41, 5.74) is 2.84. The maximum Gasteiger partial charge on any atom is 2.00 e. The van der Waals surface area contributed by atoms with Crippen LogP contribution in [0, 0.1) is 24.0 Å². The number of fused-ring (bicyclic) bond motifs is 2. The van der Waals surface area contributed by atoms with E-state index in [2.05, 4.69) is 165 Å². The molecule has 0 nitrogen and oxygen atoms in total. The molecule has 328 valence electrons. The van der Waals surface area contributed by atoms with Gasteiger partial charge in [0.1, 0.15) is 0 Å².